The van der Waals surface area contributed by atoms with Gasteiger partial charge in [0.05, 0.1) is 41.2 Å². The highest BCUT2D eigenvalue weighted by Gasteiger charge is 2.23. The Morgan fingerprint density at radius 1 is 0.810 bits per heavy atom. The van der Waals surface area contributed by atoms with Crippen LogP contribution in [0.25, 0.3) is 22.1 Å². The smallest absolute Gasteiger partial charge is 0.469 e. The number of carbonyl (C=O) groups excluding carboxylic acids is 4. The Kier molecular flexibility index (Phi) is 11.9. The van der Waals surface area contributed by atoms with Crippen LogP contribution >= 0.6 is 7.82 Å². The second kappa shape index (κ2) is 16.8. The van der Waals surface area contributed by atoms with Gasteiger partial charge >= 0.3 is 7.82 Å². The van der Waals surface area contributed by atoms with Crippen LogP contribution in [0.15, 0.2) is 54.6 Å². The molecule has 0 atom stereocenters. The van der Waals surface area contributed by atoms with Gasteiger partial charge in [-0.05, 0) is 63.2 Å². The summed E-state index contributed by atoms with van der Waals surface area (Å²) in [5.41, 5.74) is 15.0. The summed E-state index contributed by atoms with van der Waals surface area (Å²) in [6.45, 7) is 5.67. The minimum atomic E-state index is -4.70. The number of anilines is 2. The molecule has 6 rings (SSSR count). The summed E-state index contributed by atoms with van der Waals surface area (Å²) in [7, 11) is -3.05. The lowest BCUT2D eigenvalue weighted by atomic mass is 10.1. The van der Waals surface area contributed by atoms with Crippen molar-refractivity contribution >= 4 is 65.4 Å². The van der Waals surface area contributed by atoms with E-state index in [0.717, 1.165) is 0 Å². The number of hydrogen-bond acceptors (Lipinski definition) is 11. The molecule has 0 saturated heterocycles. The van der Waals surface area contributed by atoms with E-state index >= 15 is 0 Å². The molecule has 0 radical (unpaired) electrons. The van der Waals surface area contributed by atoms with E-state index in [4.69, 9.17) is 26.0 Å². The molecule has 8 N–H and O–H groups in total. The Bertz CT molecular complexity index is 2650. The summed E-state index contributed by atoms with van der Waals surface area (Å²) < 4.78 is 28.1. The number of nitrogens with two attached hydrogens (primary N) is 2. The van der Waals surface area contributed by atoms with E-state index < -0.39 is 31.5 Å². The molecule has 0 fully saturated rings. The van der Waals surface area contributed by atoms with Gasteiger partial charge in [-0.25, -0.2) is 14.5 Å². The zero-order chi connectivity index (χ0) is 41.9. The third-order valence-corrected chi connectivity index (χ3v) is 9.31. The first-order valence-corrected chi connectivity index (χ1v) is 19.4. The average Bonchev–Trinajstić information content (AvgIpc) is 3.90. The topological polar surface area (TPSA) is 292 Å². The molecule has 4 aromatic heterocycles. The number of amides is 4. The van der Waals surface area contributed by atoms with Gasteiger partial charge in [0.1, 0.15) is 22.7 Å². The van der Waals surface area contributed by atoms with Crippen LogP contribution < -0.4 is 26.8 Å². The number of imidazole rings is 2. The van der Waals surface area contributed by atoms with Crippen molar-refractivity contribution in [2.24, 2.45) is 18.5 Å². The number of carbonyl (C=O) groups is 4. The van der Waals surface area contributed by atoms with Gasteiger partial charge in [0.2, 0.25) is 23.7 Å². The summed E-state index contributed by atoms with van der Waals surface area (Å²) in [6, 6.07) is 10.9. The van der Waals surface area contributed by atoms with E-state index in [1.165, 1.54) is 22.9 Å². The highest BCUT2D eigenvalue weighted by atomic mass is 31.2. The second-order valence-corrected chi connectivity index (χ2v) is 14.3. The molecule has 21 nitrogen and oxygen atoms in total. The molecular formula is C36H41N12O9P. The van der Waals surface area contributed by atoms with Crippen LogP contribution in [0.2, 0.25) is 0 Å². The molecule has 4 amide bonds. The number of ether oxygens (including phenoxy) is 1. The van der Waals surface area contributed by atoms with Gasteiger partial charge in [0, 0.05) is 44.2 Å². The van der Waals surface area contributed by atoms with Gasteiger partial charge in [-0.3, -0.25) is 43.7 Å². The van der Waals surface area contributed by atoms with Crippen LogP contribution in [0.4, 0.5) is 11.9 Å². The molecule has 2 aromatic carbocycles. The highest BCUT2D eigenvalue weighted by Crippen LogP contribution is 2.36. The van der Waals surface area contributed by atoms with Gasteiger partial charge in [0.15, 0.2) is 0 Å². The van der Waals surface area contributed by atoms with Crippen molar-refractivity contribution in [3.05, 3.63) is 88.5 Å². The predicted molar refractivity (Wildman–Crippen MR) is 210 cm³/mol. The molecule has 4 heterocycles. The zero-order valence-corrected chi connectivity index (χ0v) is 32.8. The van der Waals surface area contributed by atoms with E-state index in [1.807, 2.05) is 6.92 Å². The molecule has 0 bridgehead atoms. The van der Waals surface area contributed by atoms with Gasteiger partial charge in [-0.1, -0.05) is 12.2 Å². The number of rotatable bonds is 17. The summed E-state index contributed by atoms with van der Waals surface area (Å²) in [4.78, 5) is 78.6. The Morgan fingerprint density at radius 2 is 1.41 bits per heavy atom. The number of hydrogen-bond donors (Lipinski definition) is 6. The van der Waals surface area contributed by atoms with Crippen LogP contribution in [0.3, 0.4) is 0 Å². The number of phosphoric ester groups is 1. The lowest BCUT2D eigenvalue weighted by Crippen LogP contribution is -2.20. The molecular weight excluding hydrogens is 775 g/mol. The van der Waals surface area contributed by atoms with E-state index in [-0.39, 0.29) is 72.7 Å². The lowest BCUT2D eigenvalue weighted by Gasteiger charge is -2.13. The third-order valence-electron chi connectivity index (χ3n) is 8.79. The zero-order valence-electron chi connectivity index (χ0n) is 31.9. The normalized spacial score (nSPS) is 11.8. The SMILES string of the molecule is CCn1nc(C)cc1C(=O)Nc1nc2cc(C(N)=O)cc(OCCCOP(=O)(O)O)c2n1C/C=C/Cn1c(NC(=O)c2cc(C)nn2C)nc2cc(C(N)=O)ccc21. The fourth-order valence-corrected chi connectivity index (χ4v) is 6.59. The number of phosphoric acid groups is 1. The largest absolute Gasteiger partial charge is 0.491 e. The molecule has 0 aliphatic heterocycles. The van der Waals surface area contributed by atoms with E-state index in [2.05, 4.69) is 35.3 Å². The van der Waals surface area contributed by atoms with Crippen molar-refractivity contribution in [1.82, 2.24) is 38.7 Å². The second-order valence-electron chi connectivity index (χ2n) is 13.1. The number of benzene rings is 2. The molecule has 0 aliphatic rings. The van der Waals surface area contributed by atoms with E-state index in [1.54, 1.807) is 71.1 Å². The number of aryl methyl sites for hydroxylation is 4. The Morgan fingerprint density at radius 3 is 2.05 bits per heavy atom. The molecule has 6 aromatic rings. The van der Waals surface area contributed by atoms with Gasteiger partial charge in [-0.15, -0.1) is 0 Å². The predicted octanol–water partition coefficient (Wildman–Crippen LogP) is 2.79. The summed E-state index contributed by atoms with van der Waals surface area (Å²) in [5.74, 6) is -1.94. The average molecular weight is 817 g/mol. The molecule has 304 valence electrons. The number of nitrogens with zero attached hydrogens (tertiary/aromatic N) is 8. The van der Waals surface area contributed by atoms with Crippen molar-refractivity contribution in [1.29, 1.82) is 0 Å². The van der Waals surface area contributed by atoms with Crippen molar-refractivity contribution in [3.63, 3.8) is 0 Å². The number of allylic oxidation sites excluding steroid dienone is 2. The summed E-state index contributed by atoms with van der Waals surface area (Å²) in [5, 5.41) is 14.3. The van der Waals surface area contributed by atoms with Crippen molar-refractivity contribution in [2.45, 2.75) is 46.8 Å². The van der Waals surface area contributed by atoms with Gasteiger partial charge in [-0.2, -0.15) is 10.2 Å². The highest BCUT2D eigenvalue weighted by molar-refractivity contribution is 7.46. The molecule has 22 heteroatoms. The van der Waals surface area contributed by atoms with Crippen LogP contribution in [-0.2, 0) is 35.8 Å². The first-order chi connectivity index (χ1) is 27.5. The molecule has 0 unspecified atom stereocenters. The van der Waals surface area contributed by atoms with E-state index in [0.29, 0.717) is 40.2 Å². The first-order valence-electron chi connectivity index (χ1n) is 17.8. The van der Waals surface area contributed by atoms with Crippen molar-refractivity contribution in [2.75, 3.05) is 23.8 Å². The minimum absolute atomic E-state index is 0.0639. The van der Waals surface area contributed by atoms with Gasteiger partial charge in [0.25, 0.3) is 11.8 Å². The van der Waals surface area contributed by atoms with Crippen molar-refractivity contribution in [3.8, 4) is 5.75 Å². The van der Waals surface area contributed by atoms with Crippen LogP contribution in [0.1, 0.15) is 66.4 Å². The molecule has 0 spiro atoms. The summed E-state index contributed by atoms with van der Waals surface area (Å²) >= 11 is 0. The Hall–Kier alpha value is -6.67. The van der Waals surface area contributed by atoms with E-state index in [9.17, 15) is 23.7 Å². The Labute approximate surface area is 329 Å². The standard InChI is InChI=1S/C36H41N12O9P/c1-5-48-28(16-21(3)44-48)34(52)42-36-40-25-18-23(32(38)50)19-29(56-13-8-14-57-58(53,54)55)30(25)47(36)12-7-6-11-46-26-10-9-22(31(37)49)17-24(26)39-35(46)41-33(51)27-15-20(2)43-45(27)4/h6-7,9-10,15-19H,5,8,11-14H2,1-4H3,(H2,37,49)(H2,38,50)(H,39,41,51)(H,40,42,52)(H2,53,54,55)/b7-6+. The Balaban J connectivity index is 1.36. The monoisotopic (exact) mass is 816 g/mol. The fraction of sp³-hybridized carbons (Fsp3) is 0.278. The quantitative estimate of drug-likeness (QED) is 0.0439. The van der Waals surface area contributed by atoms with Crippen LogP contribution in [0.5, 0.6) is 5.75 Å². The van der Waals surface area contributed by atoms with Crippen LogP contribution in [-0.4, -0.2) is 85.3 Å². The first kappa shape index (κ1) is 41.0. The number of fused-ring (bicyclic) bond motifs is 2. The maximum atomic E-state index is 13.6. The van der Waals surface area contributed by atoms with Crippen LogP contribution in [0, 0.1) is 13.8 Å². The maximum absolute atomic E-state index is 13.6. The molecule has 0 saturated carbocycles. The van der Waals surface area contributed by atoms with Gasteiger partial charge < -0.3 is 35.1 Å². The fourth-order valence-electron chi connectivity index (χ4n) is 6.23. The molecule has 0 aliphatic carbocycles. The lowest BCUT2D eigenvalue weighted by molar-refractivity contribution is 0.0992. The number of nitrogens with one attached hydrogen (secondary N) is 2. The third kappa shape index (κ3) is 9.13. The minimum Gasteiger partial charge on any atom is -0.491 e. The maximum Gasteiger partial charge on any atom is 0.469 e. The molecule has 58 heavy (non-hydrogen) atoms. The number of primary amides is 2. The summed E-state index contributed by atoms with van der Waals surface area (Å²) in [6.07, 6.45) is 3.64. The number of aromatic nitrogens is 8. The van der Waals surface area contributed by atoms with Crippen molar-refractivity contribution < 1.29 is 42.8 Å².